The Hall–Kier alpha value is -2.07. The van der Waals surface area contributed by atoms with Crippen LogP contribution in [0.5, 0.6) is 5.75 Å². The summed E-state index contributed by atoms with van der Waals surface area (Å²) in [6.45, 7) is 0. The molecule has 1 saturated heterocycles. The number of aryl methyl sites for hydroxylation is 1. The van der Waals surface area contributed by atoms with E-state index in [9.17, 15) is 18.3 Å². The lowest BCUT2D eigenvalue weighted by Gasteiger charge is -2.11. The van der Waals surface area contributed by atoms with Crippen molar-refractivity contribution in [2.45, 2.75) is 30.9 Å². The standard InChI is InChI=1S/C13H14N2O4S/c14-6-2-1-3-9-4-5-10(11(16)7-9)12-8-13(17)15-20(12,18)19/h4-5,7,12,16H,1-3,8H2,(H,15,17). The van der Waals surface area contributed by atoms with Crippen LogP contribution >= 0.6 is 0 Å². The van der Waals surface area contributed by atoms with Crippen LogP contribution in [0.4, 0.5) is 0 Å². The van der Waals surface area contributed by atoms with E-state index in [-0.39, 0.29) is 17.7 Å². The second-order valence-electron chi connectivity index (χ2n) is 4.67. The van der Waals surface area contributed by atoms with Gasteiger partial charge in [-0.3, -0.25) is 9.52 Å². The SMILES string of the molecule is N#CCCCc1ccc(C2CC(=O)NS2(=O)=O)c(O)c1. The van der Waals surface area contributed by atoms with E-state index >= 15 is 0 Å². The van der Waals surface area contributed by atoms with E-state index in [1.807, 2.05) is 10.8 Å². The zero-order chi connectivity index (χ0) is 14.8. The summed E-state index contributed by atoms with van der Waals surface area (Å²) < 4.78 is 25.4. The third-order valence-corrected chi connectivity index (χ3v) is 4.88. The van der Waals surface area contributed by atoms with E-state index in [4.69, 9.17) is 5.26 Å². The largest absolute Gasteiger partial charge is 0.508 e. The van der Waals surface area contributed by atoms with E-state index in [0.717, 1.165) is 5.56 Å². The molecule has 0 aliphatic carbocycles. The van der Waals surface area contributed by atoms with Gasteiger partial charge in [-0.05, 0) is 24.5 Å². The molecule has 1 heterocycles. The first-order chi connectivity index (χ1) is 9.44. The average Bonchev–Trinajstić information content (AvgIpc) is 2.63. The molecule has 1 aliphatic heterocycles. The Morgan fingerprint density at radius 3 is 2.75 bits per heavy atom. The van der Waals surface area contributed by atoms with Gasteiger partial charge in [-0.2, -0.15) is 5.26 Å². The minimum atomic E-state index is -3.75. The Bertz CT molecular complexity index is 676. The van der Waals surface area contributed by atoms with Crippen LogP contribution in [0.15, 0.2) is 18.2 Å². The van der Waals surface area contributed by atoms with E-state index < -0.39 is 21.2 Å². The average molecular weight is 294 g/mol. The molecule has 0 bridgehead atoms. The lowest BCUT2D eigenvalue weighted by atomic mass is 10.0. The van der Waals surface area contributed by atoms with Crippen LogP contribution in [0.3, 0.4) is 0 Å². The zero-order valence-electron chi connectivity index (χ0n) is 10.7. The molecule has 1 aromatic carbocycles. The molecule has 2 N–H and O–H groups in total. The Morgan fingerprint density at radius 1 is 1.45 bits per heavy atom. The number of aromatic hydroxyl groups is 1. The summed E-state index contributed by atoms with van der Waals surface area (Å²) in [6, 6.07) is 6.77. The number of unbranched alkanes of at least 4 members (excludes halogenated alkanes) is 1. The molecule has 1 aromatic rings. The van der Waals surface area contributed by atoms with Crippen LogP contribution in [0, 0.1) is 11.3 Å². The predicted molar refractivity (Wildman–Crippen MR) is 71.1 cm³/mol. The molecule has 6 nitrogen and oxygen atoms in total. The summed E-state index contributed by atoms with van der Waals surface area (Å²) in [5.41, 5.74) is 1.06. The highest BCUT2D eigenvalue weighted by atomic mass is 32.2. The monoisotopic (exact) mass is 294 g/mol. The number of nitriles is 1. The van der Waals surface area contributed by atoms with Crippen LogP contribution in [0.25, 0.3) is 0 Å². The van der Waals surface area contributed by atoms with E-state index in [1.54, 1.807) is 6.07 Å². The lowest BCUT2D eigenvalue weighted by Crippen LogP contribution is -2.21. The number of amides is 1. The number of phenolic OH excluding ortho intramolecular Hbond substituents is 1. The van der Waals surface area contributed by atoms with Crippen molar-refractivity contribution >= 4 is 15.9 Å². The Morgan fingerprint density at radius 2 is 2.20 bits per heavy atom. The van der Waals surface area contributed by atoms with Gasteiger partial charge < -0.3 is 5.11 Å². The van der Waals surface area contributed by atoms with Crippen LogP contribution in [0.1, 0.15) is 35.6 Å². The van der Waals surface area contributed by atoms with Crippen molar-refractivity contribution in [2.24, 2.45) is 0 Å². The fourth-order valence-electron chi connectivity index (χ4n) is 2.22. The topological polar surface area (TPSA) is 107 Å². The van der Waals surface area contributed by atoms with Gasteiger partial charge in [-0.15, -0.1) is 0 Å². The molecule has 1 unspecified atom stereocenters. The summed E-state index contributed by atoms with van der Waals surface area (Å²) in [7, 11) is -3.75. The van der Waals surface area contributed by atoms with Crippen LogP contribution in [-0.4, -0.2) is 19.4 Å². The lowest BCUT2D eigenvalue weighted by molar-refractivity contribution is -0.118. The highest BCUT2D eigenvalue weighted by Gasteiger charge is 2.39. The summed E-state index contributed by atoms with van der Waals surface area (Å²) >= 11 is 0. The fraction of sp³-hybridized carbons (Fsp3) is 0.385. The third kappa shape index (κ3) is 2.91. The maximum absolute atomic E-state index is 11.7. The Kier molecular flexibility index (Phi) is 3.95. The first kappa shape index (κ1) is 14.3. The summed E-state index contributed by atoms with van der Waals surface area (Å²) in [4.78, 5) is 11.2. The van der Waals surface area contributed by atoms with Gasteiger partial charge >= 0.3 is 0 Å². The molecule has 20 heavy (non-hydrogen) atoms. The van der Waals surface area contributed by atoms with Crippen molar-refractivity contribution in [3.05, 3.63) is 29.3 Å². The summed E-state index contributed by atoms with van der Waals surface area (Å²) in [5, 5.41) is 17.4. The molecule has 0 saturated carbocycles. The second-order valence-corrected chi connectivity index (χ2v) is 6.53. The van der Waals surface area contributed by atoms with Crippen LogP contribution in [-0.2, 0) is 21.2 Å². The second kappa shape index (κ2) is 5.51. The molecule has 1 amide bonds. The predicted octanol–water partition coefficient (Wildman–Crippen LogP) is 1.13. The molecule has 106 valence electrons. The van der Waals surface area contributed by atoms with Gasteiger partial charge in [-0.1, -0.05) is 12.1 Å². The zero-order valence-corrected chi connectivity index (χ0v) is 11.5. The molecule has 1 fully saturated rings. The van der Waals surface area contributed by atoms with E-state index in [0.29, 0.717) is 19.3 Å². The minimum absolute atomic E-state index is 0.135. The van der Waals surface area contributed by atoms with Crippen LogP contribution < -0.4 is 4.72 Å². The number of rotatable bonds is 4. The van der Waals surface area contributed by atoms with E-state index in [1.165, 1.54) is 12.1 Å². The minimum Gasteiger partial charge on any atom is -0.508 e. The number of nitrogens with zero attached hydrogens (tertiary/aromatic N) is 1. The smallest absolute Gasteiger partial charge is 0.242 e. The molecule has 0 radical (unpaired) electrons. The van der Waals surface area contributed by atoms with Crippen LogP contribution in [0.2, 0.25) is 0 Å². The van der Waals surface area contributed by atoms with Gasteiger partial charge in [0, 0.05) is 12.0 Å². The molecule has 0 spiro atoms. The van der Waals surface area contributed by atoms with E-state index in [2.05, 4.69) is 0 Å². The van der Waals surface area contributed by atoms with Gasteiger partial charge in [0.15, 0.2) is 0 Å². The normalized spacial score (nSPS) is 20.4. The number of carbonyl (C=O) groups is 1. The van der Waals surface area contributed by atoms with Crippen molar-refractivity contribution in [3.63, 3.8) is 0 Å². The maximum Gasteiger partial charge on any atom is 0.242 e. The van der Waals surface area contributed by atoms with Crippen molar-refractivity contribution in [3.8, 4) is 11.8 Å². The first-order valence-electron chi connectivity index (χ1n) is 6.17. The van der Waals surface area contributed by atoms with Crippen molar-refractivity contribution in [1.82, 2.24) is 4.72 Å². The third-order valence-electron chi connectivity index (χ3n) is 3.20. The number of nitrogens with one attached hydrogen (secondary N) is 1. The molecule has 7 heteroatoms. The van der Waals surface area contributed by atoms with Gasteiger partial charge in [0.25, 0.3) is 0 Å². The molecular formula is C13H14N2O4S. The summed E-state index contributed by atoms with van der Waals surface area (Å²) in [6.07, 6.45) is 1.56. The Labute approximate surface area is 117 Å². The quantitative estimate of drug-likeness (QED) is 0.809. The molecular weight excluding hydrogens is 280 g/mol. The summed E-state index contributed by atoms with van der Waals surface area (Å²) in [5.74, 6) is -0.697. The van der Waals surface area contributed by atoms with Crippen molar-refractivity contribution in [1.29, 1.82) is 5.26 Å². The number of hydrogen-bond donors (Lipinski definition) is 2. The maximum atomic E-state index is 11.7. The van der Waals surface area contributed by atoms with Gasteiger partial charge in [0.1, 0.15) is 11.0 Å². The van der Waals surface area contributed by atoms with Gasteiger partial charge in [0.2, 0.25) is 15.9 Å². The highest BCUT2D eigenvalue weighted by molar-refractivity contribution is 7.90. The number of benzene rings is 1. The van der Waals surface area contributed by atoms with Gasteiger partial charge in [0.05, 0.1) is 12.5 Å². The molecule has 1 atom stereocenters. The van der Waals surface area contributed by atoms with Crippen molar-refractivity contribution < 1.29 is 18.3 Å². The number of phenols is 1. The number of sulfonamides is 1. The Balaban J connectivity index is 2.22. The highest BCUT2D eigenvalue weighted by Crippen LogP contribution is 2.35. The van der Waals surface area contributed by atoms with Crippen molar-refractivity contribution in [2.75, 3.05) is 0 Å². The number of hydrogen-bond acceptors (Lipinski definition) is 5. The number of carbonyl (C=O) groups excluding carboxylic acids is 1. The molecule has 0 aromatic heterocycles. The fourth-order valence-corrected chi connectivity index (χ4v) is 3.66. The molecule has 1 aliphatic rings. The van der Waals surface area contributed by atoms with Gasteiger partial charge in [-0.25, -0.2) is 8.42 Å². The molecule has 2 rings (SSSR count). The first-order valence-corrected chi connectivity index (χ1v) is 7.72.